The van der Waals surface area contributed by atoms with Crippen LogP contribution in [0.1, 0.15) is 39.5 Å². The third-order valence-corrected chi connectivity index (χ3v) is 3.90. The van der Waals surface area contributed by atoms with E-state index in [1.165, 1.54) is 32.2 Å². The van der Waals surface area contributed by atoms with Crippen LogP contribution in [-0.4, -0.2) is 37.6 Å². The van der Waals surface area contributed by atoms with Crippen LogP contribution in [0, 0.1) is 5.92 Å². The molecule has 2 nitrogen and oxygen atoms in total. The van der Waals surface area contributed by atoms with Gasteiger partial charge in [0.05, 0.1) is 0 Å². The van der Waals surface area contributed by atoms with Gasteiger partial charge in [-0.25, -0.2) is 0 Å². The van der Waals surface area contributed by atoms with Crippen LogP contribution in [0.5, 0.6) is 0 Å². The first-order chi connectivity index (χ1) is 6.65. The molecule has 1 N–H and O–H groups in total. The zero-order chi connectivity index (χ0) is 10.6. The molecule has 0 aliphatic heterocycles. The summed E-state index contributed by atoms with van der Waals surface area (Å²) < 4.78 is 0. The summed E-state index contributed by atoms with van der Waals surface area (Å²) in [5.41, 5.74) is 0. The molecular formula is C12H26N2. The molecule has 2 heteroatoms. The monoisotopic (exact) mass is 198 g/mol. The van der Waals surface area contributed by atoms with Crippen LogP contribution >= 0.6 is 0 Å². The third kappa shape index (κ3) is 3.25. The van der Waals surface area contributed by atoms with E-state index in [1.54, 1.807) is 0 Å². The van der Waals surface area contributed by atoms with Crippen molar-refractivity contribution in [1.82, 2.24) is 10.2 Å². The Morgan fingerprint density at radius 2 is 1.86 bits per heavy atom. The van der Waals surface area contributed by atoms with Crippen LogP contribution < -0.4 is 5.32 Å². The van der Waals surface area contributed by atoms with Gasteiger partial charge in [-0.05, 0) is 46.7 Å². The Balaban J connectivity index is 2.28. The summed E-state index contributed by atoms with van der Waals surface area (Å²) in [6, 6.07) is 1.22. The maximum atomic E-state index is 3.33. The molecule has 1 aliphatic rings. The van der Waals surface area contributed by atoms with Crippen molar-refractivity contribution < 1.29 is 0 Å². The van der Waals surface area contributed by atoms with Crippen molar-refractivity contribution in [3.05, 3.63) is 0 Å². The van der Waals surface area contributed by atoms with E-state index in [4.69, 9.17) is 0 Å². The topological polar surface area (TPSA) is 15.3 Å². The minimum absolute atomic E-state index is 0.585. The van der Waals surface area contributed by atoms with E-state index in [0.717, 1.165) is 5.92 Å². The lowest BCUT2D eigenvalue weighted by molar-refractivity contribution is 0.189. The fourth-order valence-electron chi connectivity index (χ4n) is 2.39. The Kier molecular flexibility index (Phi) is 4.90. The van der Waals surface area contributed by atoms with Crippen LogP contribution in [0.15, 0.2) is 0 Å². The summed E-state index contributed by atoms with van der Waals surface area (Å²) in [6.07, 6.45) is 5.80. The highest BCUT2D eigenvalue weighted by Gasteiger charge is 2.21. The normalized spacial score (nSPS) is 22.9. The van der Waals surface area contributed by atoms with E-state index < -0.39 is 0 Å². The lowest BCUT2D eigenvalue weighted by Gasteiger charge is -2.31. The molecule has 2 atom stereocenters. The van der Waals surface area contributed by atoms with E-state index in [-0.39, 0.29) is 0 Å². The SMILES string of the molecule is CNC(C)C(C)N(C)CC1CCCC1. The lowest BCUT2D eigenvalue weighted by Crippen LogP contribution is -2.45. The van der Waals surface area contributed by atoms with E-state index in [1.807, 2.05) is 7.05 Å². The van der Waals surface area contributed by atoms with Gasteiger partial charge in [0.15, 0.2) is 0 Å². The fraction of sp³-hybridized carbons (Fsp3) is 1.00. The largest absolute Gasteiger partial charge is 0.316 e. The van der Waals surface area contributed by atoms with Gasteiger partial charge in [0, 0.05) is 18.6 Å². The molecule has 1 rings (SSSR count). The first-order valence-electron chi connectivity index (χ1n) is 6.02. The standard InChI is InChI=1S/C12H26N2/c1-10(13-3)11(2)14(4)9-12-7-5-6-8-12/h10-13H,5-9H2,1-4H3. The molecule has 2 unspecified atom stereocenters. The second-order valence-electron chi connectivity index (χ2n) is 4.91. The van der Waals surface area contributed by atoms with Crippen LogP contribution in [0.2, 0.25) is 0 Å². The maximum Gasteiger partial charge on any atom is 0.0215 e. The van der Waals surface area contributed by atoms with Gasteiger partial charge in [-0.1, -0.05) is 12.8 Å². The van der Waals surface area contributed by atoms with Crippen molar-refractivity contribution in [3.63, 3.8) is 0 Å². The summed E-state index contributed by atoms with van der Waals surface area (Å²) in [5, 5.41) is 3.33. The van der Waals surface area contributed by atoms with Gasteiger partial charge in [0.2, 0.25) is 0 Å². The summed E-state index contributed by atoms with van der Waals surface area (Å²) in [4.78, 5) is 2.51. The molecule has 0 heterocycles. The highest BCUT2D eigenvalue weighted by atomic mass is 15.2. The number of hydrogen-bond acceptors (Lipinski definition) is 2. The summed E-state index contributed by atoms with van der Waals surface area (Å²) in [5.74, 6) is 0.964. The van der Waals surface area contributed by atoms with Gasteiger partial charge < -0.3 is 10.2 Å². The van der Waals surface area contributed by atoms with Crippen molar-refractivity contribution in [3.8, 4) is 0 Å². The van der Waals surface area contributed by atoms with Crippen LogP contribution in [-0.2, 0) is 0 Å². The third-order valence-electron chi connectivity index (χ3n) is 3.90. The summed E-state index contributed by atoms with van der Waals surface area (Å²) in [7, 11) is 4.31. The number of nitrogens with one attached hydrogen (secondary N) is 1. The molecule has 0 aromatic carbocycles. The van der Waals surface area contributed by atoms with Crippen molar-refractivity contribution in [2.75, 3.05) is 20.6 Å². The highest BCUT2D eigenvalue weighted by molar-refractivity contribution is 4.78. The maximum absolute atomic E-state index is 3.33. The number of hydrogen-bond donors (Lipinski definition) is 1. The van der Waals surface area contributed by atoms with E-state index in [0.29, 0.717) is 12.1 Å². The van der Waals surface area contributed by atoms with Gasteiger partial charge in [0.1, 0.15) is 0 Å². The molecule has 1 fully saturated rings. The molecule has 0 aromatic rings. The Morgan fingerprint density at radius 3 is 2.36 bits per heavy atom. The summed E-state index contributed by atoms with van der Waals surface area (Å²) >= 11 is 0. The Bertz CT molecular complexity index is 152. The number of likely N-dealkylation sites (N-methyl/N-ethyl adjacent to an activating group) is 2. The molecule has 84 valence electrons. The molecule has 0 spiro atoms. The second-order valence-corrected chi connectivity index (χ2v) is 4.91. The zero-order valence-electron chi connectivity index (χ0n) is 10.2. The first kappa shape index (κ1) is 12.0. The fourth-order valence-corrected chi connectivity index (χ4v) is 2.39. The smallest absolute Gasteiger partial charge is 0.0215 e. The lowest BCUT2D eigenvalue weighted by atomic mass is 10.1. The van der Waals surface area contributed by atoms with Gasteiger partial charge >= 0.3 is 0 Å². The van der Waals surface area contributed by atoms with Crippen LogP contribution in [0.4, 0.5) is 0 Å². The zero-order valence-corrected chi connectivity index (χ0v) is 10.2. The van der Waals surface area contributed by atoms with E-state index in [2.05, 4.69) is 31.1 Å². The molecule has 0 bridgehead atoms. The van der Waals surface area contributed by atoms with Gasteiger partial charge in [-0.15, -0.1) is 0 Å². The highest BCUT2D eigenvalue weighted by Crippen LogP contribution is 2.25. The molecule has 1 saturated carbocycles. The van der Waals surface area contributed by atoms with Crippen molar-refractivity contribution in [1.29, 1.82) is 0 Å². The Hall–Kier alpha value is -0.0800. The van der Waals surface area contributed by atoms with Crippen LogP contribution in [0.25, 0.3) is 0 Å². The minimum Gasteiger partial charge on any atom is -0.316 e. The van der Waals surface area contributed by atoms with Crippen molar-refractivity contribution in [2.45, 2.75) is 51.6 Å². The predicted molar refractivity (Wildman–Crippen MR) is 62.6 cm³/mol. The van der Waals surface area contributed by atoms with E-state index in [9.17, 15) is 0 Å². The van der Waals surface area contributed by atoms with Gasteiger partial charge in [0.25, 0.3) is 0 Å². The average molecular weight is 198 g/mol. The molecular weight excluding hydrogens is 172 g/mol. The van der Waals surface area contributed by atoms with Gasteiger partial charge in [-0.2, -0.15) is 0 Å². The molecule has 0 saturated heterocycles. The molecule has 1 aliphatic carbocycles. The Morgan fingerprint density at radius 1 is 1.29 bits per heavy atom. The Labute approximate surface area is 89.1 Å². The second kappa shape index (κ2) is 5.72. The minimum atomic E-state index is 0.585. The molecule has 0 radical (unpaired) electrons. The summed E-state index contributed by atoms with van der Waals surface area (Å²) in [6.45, 7) is 5.86. The van der Waals surface area contributed by atoms with Crippen molar-refractivity contribution >= 4 is 0 Å². The number of nitrogens with zero attached hydrogens (tertiary/aromatic N) is 1. The molecule has 14 heavy (non-hydrogen) atoms. The van der Waals surface area contributed by atoms with E-state index >= 15 is 0 Å². The van der Waals surface area contributed by atoms with Gasteiger partial charge in [-0.3, -0.25) is 0 Å². The average Bonchev–Trinajstić information content (AvgIpc) is 2.68. The molecule has 0 amide bonds. The quantitative estimate of drug-likeness (QED) is 0.728. The van der Waals surface area contributed by atoms with Crippen molar-refractivity contribution in [2.24, 2.45) is 5.92 Å². The molecule has 0 aromatic heterocycles. The first-order valence-corrected chi connectivity index (χ1v) is 6.02. The predicted octanol–water partition coefficient (Wildman–Crippen LogP) is 2.10. The van der Waals surface area contributed by atoms with Crippen LogP contribution in [0.3, 0.4) is 0 Å². The number of rotatable bonds is 5.